The molecule has 1 N–H and O–H groups in total. The average Bonchev–Trinajstić information content (AvgIpc) is 2.98. The van der Waals surface area contributed by atoms with Gasteiger partial charge in [0.2, 0.25) is 11.7 Å². The molecule has 1 aromatic heterocycles. The van der Waals surface area contributed by atoms with E-state index in [1.807, 2.05) is 36.6 Å². The van der Waals surface area contributed by atoms with Crippen molar-refractivity contribution in [2.45, 2.75) is 27.3 Å². The van der Waals surface area contributed by atoms with Crippen LogP contribution in [0.5, 0.6) is 0 Å². The number of ether oxygens (including phenoxy) is 2. The lowest BCUT2D eigenvalue weighted by molar-refractivity contribution is -0.139. The highest BCUT2D eigenvalue weighted by molar-refractivity contribution is 6.02. The van der Waals surface area contributed by atoms with Gasteiger partial charge in [-0.05, 0) is 31.6 Å². The van der Waals surface area contributed by atoms with E-state index in [1.165, 1.54) is 13.0 Å². The monoisotopic (exact) mass is 398 g/mol. The van der Waals surface area contributed by atoms with Gasteiger partial charge in [-0.3, -0.25) is 9.59 Å². The highest BCUT2D eigenvalue weighted by Crippen LogP contribution is 2.16. The summed E-state index contributed by atoms with van der Waals surface area (Å²) in [6.45, 7) is 5.79. The fraction of sp³-hybridized carbons (Fsp3) is 0.318. The molecule has 0 saturated heterocycles. The minimum absolute atomic E-state index is 0.0259. The summed E-state index contributed by atoms with van der Waals surface area (Å²) in [5, 5.41) is 2.46. The number of aromatic nitrogens is 1. The second kappa shape index (κ2) is 10.4. The lowest BCUT2D eigenvalue weighted by Gasteiger charge is -2.10. The molecule has 1 heterocycles. The van der Waals surface area contributed by atoms with Crippen LogP contribution >= 0.6 is 0 Å². The number of carbonyl (C=O) groups excluding carboxylic acids is 3. The zero-order chi connectivity index (χ0) is 21.4. The Kier molecular flexibility index (Phi) is 7.91. The van der Waals surface area contributed by atoms with Crippen molar-refractivity contribution in [3.05, 3.63) is 64.6 Å². The zero-order valence-corrected chi connectivity index (χ0v) is 17.2. The van der Waals surface area contributed by atoms with E-state index in [4.69, 9.17) is 9.47 Å². The van der Waals surface area contributed by atoms with Crippen molar-refractivity contribution < 1.29 is 23.9 Å². The molecule has 7 heteroatoms. The molecule has 0 unspecified atom stereocenters. The number of hydrogen-bond acceptors (Lipinski definition) is 5. The number of rotatable bonds is 9. The maximum absolute atomic E-state index is 12.6. The molecule has 7 nitrogen and oxygen atoms in total. The summed E-state index contributed by atoms with van der Waals surface area (Å²) in [4.78, 5) is 36.5. The molecule has 0 aliphatic heterocycles. The van der Waals surface area contributed by atoms with Crippen molar-refractivity contribution in [3.63, 3.8) is 0 Å². The van der Waals surface area contributed by atoms with Crippen LogP contribution in [-0.4, -0.2) is 42.6 Å². The van der Waals surface area contributed by atoms with Crippen LogP contribution in [0.15, 0.2) is 42.1 Å². The SMILES string of the molecule is COCCn1c(C)cc(C(=O)COC(=O)/C(=C/c2ccccc2)NC(C)=O)c1C. The Balaban J connectivity index is 2.10. The summed E-state index contributed by atoms with van der Waals surface area (Å²) in [6, 6.07) is 10.8. The smallest absolute Gasteiger partial charge is 0.355 e. The van der Waals surface area contributed by atoms with Crippen LogP contribution in [0.2, 0.25) is 0 Å². The third-order valence-corrected chi connectivity index (χ3v) is 4.37. The number of methoxy groups -OCH3 is 1. The van der Waals surface area contributed by atoms with E-state index in [1.54, 1.807) is 25.3 Å². The second-order valence-corrected chi connectivity index (χ2v) is 6.58. The van der Waals surface area contributed by atoms with E-state index in [0.29, 0.717) is 18.7 Å². The van der Waals surface area contributed by atoms with Crippen molar-refractivity contribution in [1.82, 2.24) is 9.88 Å². The predicted octanol–water partition coefficient (Wildman–Crippen LogP) is 2.65. The van der Waals surface area contributed by atoms with Gasteiger partial charge >= 0.3 is 5.97 Å². The molecule has 0 aliphatic carbocycles. The maximum atomic E-state index is 12.6. The van der Waals surface area contributed by atoms with E-state index in [2.05, 4.69) is 5.32 Å². The molecule has 0 aliphatic rings. The third-order valence-electron chi connectivity index (χ3n) is 4.37. The van der Waals surface area contributed by atoms with Crippen LogP contribution < -0.4 is 5.32 Å². The van der Waals surface area contributed by atoms with E-state index < -0.39 is 18.5 Å². The number of carbonyl (C=O) groups is 3. The topological polar surface area (TPSA) is 86.6 Å². The summed E-state index contributed by atoms with van der Waals surface area (Å²) in [7, 11) is 1.62. The number of Topliss-reactive ketones (excluding diaryl/α,β-unsaturated/α-hetero) is 1. The van der Waals surface area contributed by atoms with E-state index in [0.717, 1.165) is 17.0 Å². The van der Waals surface area contributed by atoms with Crippen LogP contribution in [0.1, 0.15) is 34.2 Å². The lowest BCUT2D eigenvalue weighted by Crippen LogP contribution is -2.27. The van der Waals surface area contributed by atoms with Gasteiger partial charge in [0.1, 0.15) is 5.70 Å². The van der Waals surface area contributed by atoms with E-state index >= 15 is 0 Å². The molecule has 0 atom stereocenters. The van der Waals surface area contributed by atoms with Gasteiger partial charge in [-0.1, -0.05) is 30.3 Å². The standard InChI is InChI=1S/C22H26N2O5/c1-15-12-19(16(2)24(15)10-11-28-4)21(26)14-29-22(27)20(23-17(3)25)13-18-8-6-5-7-9-18/h5-9,12-13H,10-11,14H2,1-4H3,(H,23,25)/b20-13-. The van der Waals surface area contributed by atoms with Gasteiger partial charge in [-0.25, -0.2) is 4.79 Å². The molecular weight excluding hydrogens is 372 g/mol. The molecule has 0 fully saturated rings. The number of aryl methyl sites for hydroxylation is 1. The van der Waals surface area contributed by atoms with E-state index in [9.17, 15) is 14.4 Å². The number of amides is 1. The molecule has 0 radical (unpaired) electrons. The Morgan fingerprint density at radius 2 is 1.83 bits per heavy atom. The lowest BCUT2D eigenvalue weighted by atomic mass is 10.1. The molecular formula is C22H26N2O5. The van der Waals surface area contributed by atoms with Crippen molar-refractivity contribution in [1.29, 1.82) is 0 Å². The average molecular weight is 398 g/mol. The first-order valence-corrected chi connectivity index (χ1v) is 9.23. The number of nitrogens with zero attached hydrogens (tertiary/aromatic N) is 1. The Labute approximate surface area is 170 Å². The van der Waals surface area contributed by atoms with Crippen molar-refractivity contribution in [2.75, 3.05) is 20.3 Å². The molecule has 154 valence electrons. The highest BCUT2D eigenvalue weighted by atomic mass is 16.5. The summed E-state index contributed by atoms with van der Waals surface area (Å²) in [6.07, 6.45) is 1.50. The van der Waals surface area contributed by atoms with Gasteiger partial charge in [-0.15, -0.1) is 0 Å². The third kappa shape index (κ3) is 6.15. The molecule has 0 saturated carbocycles. The van der Waals surface area contributed by atoms with Gasteiger partial charge < -0.3 is 19.4 Å². The van der Waals surface area contributed by atoms with Crippen LogP contribution in [-0.2, 0) is 25.6 Å². The summed E-state index contributed by atoms with van der Waals surface area (Å²) >= 11 is 0. The number of esters is 1. The van der Waals surface area contributed by atoms with Gasteiger partial charge in [-0.2, -0.15) is 0 Å². The van der Waals surface area contributed by atoms with E-state index in [-0.39, 0.29) is 11.5 Å². The Hall–Kier alpha value is -3.19. The molecule has 0 spiro atoms. The molecule has 29 heavy (non-hydrogen) atoms. The normalized spacial score (nSPS) is 11.2. The Morgan fingerprint density at radius 1 is 1.14 bits per heavy atom. The Bertz CT molecular complexity index is 913. The Morgan fingerprint density at radius 3 is 2.45 bits per heavy atom. The van der Waals surface area contributed by atoms with Gasteiger partial charge in [0.25, 0.3) is 0 Å². The molecule has 1 amide bonds. The number of nitrogens with one attached hydrogen (secondary N) is 1. The maximum Gasteiger partial charge on any atom is 0.355 e. The first kappa shape index (κ1) is 22.1. The summed E-state index contributed by atoms with van der Waals surface area (Å²) < 4.78 is 12.3. The van der Waals surface area contributed by atoms with Crippen LogP contribution in [0.25, 0.3) is 6.08 Å². The molecule has 1 aromatic carbocycles. The molecule has 2 rings (SSSR count). The number of ketones is 1. The summed E-state index contributed by atoms with van der Waals surface area (Å²) in [5.41, 5.74) is 2.92. The van der Waals surface area contributed by atoms with Gasteiger partial charge in [0.15, 0.2) is 6.61 Å². The van der Waals surface area contributed by atoms with Crippen molar-refractivity contribution in [2.24, 2.45) is 0 Å². The van der Waals surface area contributed by atoms with Crippen LogP contribution in [0, 0.1) is 13.8 Å². The quantitative estimate of drug-likeness (QED) is 0.399. The molecule has 0 bridgehead atoms. The number of benzene rings is 1. The van der Waals surface area contributed by atoms with Gasteiger partial charge in [0.05, 0.1) is 6.61 Å². The molecule has 2 aromatic rings. The fourth-order valence-corrected chi connectivity index (χ4v) is 2.95. The fourth-order valence-electron chi connectivity index (χ4n) is 2.95. The minimum atomic E-state index is -0.773. The largest absolute Gasteiger partial charge is 0.453 e. The minimum Gasteiger partial charge on any atom is -0.453 e. The number of hydrogen-bond donors (Lipinski definition) is 1. The van der Waals surface area contributed by atoms with Crippen LogP contribution in [0.3, 0.4) is 0 Å². The predicted molar refractivity (Wildman–Crippen MR) is 109 cm³/mol. The second-order valence-electron chi connectivity index (χ2n) is 6.58. The van der Waals surface area contributed by atoms with Crippen molar-refractivity contribution >= 4 is 23.7 Å². The first-order chi connectivity index (χ1) is 13.8. The van der Waals surface area contributed by atoms with Gasteiger partial charge in [0, 0.05) is 37.5 Å². The first-order valence-electron chi connectivity index (χ1n) is 9.23. The summed E-state index contributed by atoms with van der Waals surface area (Å²) in [5.74, 6) is -1.49. The van der Waals surface area contributed by atoms with Crippen molar-refractivity contribution in [3.8, 4) is 0 Å². The highest BCUT2D eigenvalue weighted by Gasteiger charge is 2.19. The van der Waals surface area contributed by atoms with Crippen LogP contribution in [0.4, 0.5) is 0 Å². The zero-order valence-electron chi connectivity index (χ0n) is 17.2.